The average Bonchev–Trinajstić information content (AvgIpc) is 2.47. The average molecular weight is 214 g/mol. The van der Waals surface area contributed by atoms with Crippen molar-refractivity contribution in [2.45, 2.75) is 18.4 Å². The molecule has 0 unspecified atom stereocenters. The minimum Gasteiger partial charge on any atom is -0.325 e. The molecule has 2 heterocycles. The number of hydrogen-bond acceptors (Lipinski definition) is 4. The maximum Gasteiger partial charge on any atom is 0.303 e. The van der Waals surface area contributed by atoms with E-state index >= 15 is 0 Å². The van der Waals surface area contributed by atoms with Gasteiger partial charge in [-0.1, -0.05) is 6.92 Å². The molecule has 14 heavy (non-hydrogen) atoms. The minimum atomic E-state index is -3.56. The first-order chi connectivity index (χ1) is 6.54. The molecule has 0 amide bonds. The van der Waals surface area contributed by atoms with E-state index in [1.165, 1.54) is 10.9 Å². The number of anilines is 1. The SMILES string of the molecule is CCC1=NS(=O)(=O)c2c(ncn2C)N1. The molecular formula is C7H10N4O2S. The van der Waals surface area contributed by atoms with Crippen molar-refractivity contribution in [3.63, 3.8) is 0 Å². The maximum atomic E-state index is 11.6. The van der Waals surface area contributed by atoms with E-state index < -0.39 is 10.0 Å². The van der Waals surface area contributed by atoms with Crippen LogP contribution in [0.4, 0.5) is 5.82 Å². The predicted octanol–water partition coefficient (Wildman–Crippen LogP) is 0.343. The first-order valence-electron chi connectivity index (χ1n) is 4.17. The van der Waals surface area contributed by atoms with Gasteiger partial charge in [0.05, 0.1) is 6.33 Å². The van der Waals surface area contributed by atoms with Gasteiger partial charge in [-0.3, -0.25) is 0 Å². The summed E-state index contributed by atoms with van der Waals surface area (Å²) in [6.45, 7) is 1.83. The Morgan fingerprint density at radius 2 is 2.29 bits per heavy atom. The smallest absolute Gasteiger partial charge is 0.303 e. The highest BCUT2D eigenvalue weighted by molar-refractivity contribution is 7.90. The van der Waals surface area contributed by atoms with Crippen LogP contribution in [0.3, 0.4) is 0 Å². The van der Waals surface area contributed by atoms with Crippen molar-refractivity contribution >= 4 is 21.7 Å². The van der Waals surface area contributed by atoms with Gasteiger partial charge in [0.1, 0.15) is 5.84 Å². The van der Waals surface area contributed by atoms with E-state index in [0.29, 0.717) is 18.1 Å². The Morgan fingerprint density at radius 1 is 1.57 bits per heavy atom. The van der Waals surface area contributed by atoms with Gasteiger partial charge in [-0.15, -0.1) is 4.40 Å². The summed E-state index contributed by atoms with van der Waals surface area (Å²) in [6, 6.07) is 0. The van der Waals surface area contributed by atoms with Crippen LogP contribution in [0.5, 0.6) is 0 Å². The number of hydrogen-bond donors (Lipinski definition) is 1. The van der Waals surface area contributed by atoms with Crippen LogP contribution in [0.25, 0.3) is 0 Å². The number of aryl methyl sites for hydroxylation is 1. The van der Waals surface area contributed by atoms with Crippen molar-refractivity contribution < 1.29 is 8.42 Å². The number of rotatable bonds is 1. The first kappa shape index (κ1) is 9.20. The number of sulfonamides is 1. The molecule has 76 valence electrons. The molecule has 7 heteroatoms. The molecule has 0 spiro atoms. The molecule has 1 aliphatic heterocycles. The number of amidine groups is 1. The van der Waals surface area contributed by atoms with Gasteiger partial charge >= 0.3 is 10.0 Å². The van der Waals surface area contributed by atoms with Gasteiger partial charge in [-0.25, -0.2) is 4.98 Å². The van der Waals surface area contributed by atoms with Gasteiger partial charge in [-0.2, -0.15) is 8.42 Å². The second kappa shape index (κ2) is 2.81. The predicted molar refractivity (Wildman–Crippen MR) is 51.7 cm³/mol. The largest absolute Gasteiger partial charge is 0.325 e. The standard InChI is InChI=1S/C7H10N4O2S/c1-3-5-9-6-7(11(2)4-8-6)14(12,13)10-5/h4H,3H2,1-2H3,(H,9,10). The van der Waals surface area contributed by atoms with Crippen molar-refractivity contribution in [1.29, 1.82) is 0 Å². The highest BCUT2D eigenvalue weighted by Crippen LogP contribution is 2.25. The summed E-state index contributed by atoms with van der Waals surface area (Å²) in [5.74, 6) is 0.788. The lowest BCUT2D eigenvalue weighted by molar-refractivity contribution is 0.587. The maximum absolute atomic E-state index is 11.6. The van der Waals surface area contributed by atoms with Gasteiger partial charge < -0.3 is 9.88 Å². The minimum absolute atomic E-state index is 0.120. The van der Waals surface area contributed by atoms with Gasteiger partial charge in [0.25, 0.3) is 0 Å². The van der Waals surface area contributed by atoms with Crippen LogP contribution in [0.1, 0.15) is 13.3 Å². The molecule has 1 aromatic rings. The molecule has 1 aromatic heterocycles. The molecule has 2 rings (SSSR count). The van der Waals surface area contributed by atoms with E-state index in [4.69, 9.17) is 0 Å². The molecule has 0 radical (unpaired) electrons. The van der Waals surface area contributed by atoms with E-state index in [1.54, 1.807) is 7.05 Å². The fraction of sp³-hybridized carbons (Fsp3) is 0.429. The third-order valence-corrected chi connectivity index (χ3v) is 3.39. The Balaban J connectivity index is 2.65. The number of nitrogens with zero attached hydrogens (tertiary/aromatic N) is 3. The molecule has 0 aromatic carbocycles. The van der Waals surface area contributed by atoms with Crippen LogP contribution >= 0.6 is 0 Å². The summed E-state index contributed by atoms with van der Waals surface area (Å²) < 4.78 is 28.3. The Hall–Kier alpha value is -1.37. The van der Waals surface area contributed by atoms with E-state index in [-0.39, 0.29) is 5.03 Å². The Bertz CT molecular complexity index is 500. The molecule has 0 atom stereocenters. The number of imidazole rings is 1. The zero-order valence-corrected chi connectivity index (χ0v) is 8.67. The molecular weight excluding hydrogens is 204 g/mol. The van der Waals surface area contributed by atoms with Crippen LogP contribution in [0, 0.1) is 0 Å². The van der Waals surface area contributed by atoms with E-state index in [2.05, 4.69) is 14.7 Å². The molecule has 0 aliphatic carbocycles. The van der Waals surface area contributed by atoms with Gasteiger partial charge in [0, 0.05) is 13.5 Å². The number of aromatic nitrogens is 2. The van der Waals surface area contributed by atoms with Gasteiger partial charge in [0.15, 0.2) is 5.82 Å². The zero-order chi connectivity index (χ0) is 10.3. The van der Waals surface area contributed by atoms with E-state index in [1.807, 2.05) is 6.92 Å². The molecule has 1 N–H and O–H groups in total. The molecule has 0 saturated heterocycles. The zero-order valence-electron chi connectivity index (χ0n) is 7.85. The third kappa shape index (κ3) is 1.20. The first-order valence-corrected chi connectivity index (χ1v) is 5.61. The summed E-state index contributed by atoms with van der Waals surface area (Å²) in [6.07, 6.45) is 1.98. The summed E-state index contributed by atoms with van der Waals surface area (Å²) in [5, 5.41) is 2.98. The van der Waals surface area contributed by atoms with Crippen molar-refractivity contribution in [3.05, 3.63) is 6.33 Å². The topological polar surface area (TPSA) is 76.3 Å². The van der Waals surface area contributed by atoms with E-state index in [9.17, 15) is 8.42 Å². The third-order valence-electron chi connectivity index (χ3n) is 1.96. The second-order valence-electron chi connectivity index (χ2n) is 3.00. The molecule has 0 fully saturated rings. The van der Waals surface area contributed by atoms with Crippen molar-refractivity contribution in [2.75, 3.05) is 5.32 Å². The van der Waals surface area contributed by atoms with Crippen LogP contribution in [-0.4, -0.2) is 23.8 Å². The van der Waals surface area contributed by atoms with Crippen LogP contribution in [0.15, 0.2) is 15.8 Å². The number of nitrogens with one attached hydrogen (secondary N) is 1. The Kier molecular flexibility index (Phi) is 1.84. The molecule has 1 aliphatic rings. The lowest BCUT2D eigenvalue weighted by Crippen LogP contribution is -2.21. The quantitative estimate of drug-likeness (QED) is 0.731. The molecule has 0 bridgehead atoms. The highest BCUT2D eigenvalue weighted by atomic mass is 32.2. The van der Waals surface area contributed by atoms with Crippen molar-refractivity contribution in [1.82, 2.24) is 9.55 Å². The fourth-order valence-corrected chi connectivity index (χ4v) is 2.62. The Morgan fingerprint density at radius 3 is 2.93 bits per heavy atom. The van der Waals surface area contributed by atoms with E-state index in [0.717, 1.165) is 0 Å². The lowest BCUT2D eigenvalue weighted by Gasteiger charge is -2.13. The summed E-state index contributed by atoms with van der Waals surface area (Å²) in [7, 11) is -1.94. The second-order valence-corrected chi connectivity index (χ2v) is 4.52. The van der Waals surface area contributed by atoms with Crippen LogP contribution < -0.4 is 5.32 Å². The lowest BCUT2D eigenvalue weighted by atomic mass is 10.4. The van der Waals surface area contributed by atoms with Crippen LogP contribution in [-0.2, 0) is 17.1 Å². The van der Waals surface area contributed by atoms with Crippen molar-refractivity contribution in [2.24, 2.45) is 11.4 Å². The van der Waals surface area contributed by atoms with Crippen LogP contribution in [0.2, 0.25) is 0 Å². The summed E-state index contributed by atoms with van der Waals surface area (Å²) in [4.78, 5) is 3.94. The monoisotopic (exact) mass is 214 g/mol. The van der Waals surface area contributed by atoms with Gasteiger partial charge in [-0.05, 0) is 0 Å². The fourth-order valence-electron chi connectivity index (χ4n) is 1.31. The summed E-state index contributed by atoms with van der Waals surface area (Å²) >= 11 is 0. The summed E-state index contributed by atoms with van der Waals surface area (Å²) in [5.41, 5.74) is 0. The highest BCUT2D eigenvalue weighted by Gasteiger charge is 2.28. The van der Waals surface area contributed by atoms with Crippen molar-refractivity contribution in [3.8, 4) is 0 Å². The Labute approximate surface area is 81.7 Å². The molecule has 0 saturated carbocycles. The normalized spacial score (nSPS) is 18.3. The molecule has 6 nitrogen and oxygen atoms in total. The number of fused-ring (bicyclic) bond motifs is 1. The van der Waals surface area contributed by atoms with Gasteiger partial charge in [0.2, 0.25) is 5.03 Å².